The number of piperidine rings is 1. The SMILES string of the molecule is COc1cccc(-c2nc([C@@H]3CCCN(C(=O)Nc4ccc5nc(C(C)(C)C)[nH]c5c4)C3)n3ccccc23)c1. The number of nitrogens with zero attached hydrogens (tertiary/aromatic N) is 4. The third-order valence-corrected chi connectivity index (χ3v) is 7.44. The van der Waals surface area contributed by atoms with E-state index in [9.17, 15) is 4.79 Å². The number of rotatable bonds is 4. The summed E-state index contributed by atoms with van der Waals surface area (Å²) in [6, 6.07) is 19.9. The van der Waals surface area contributed by atoms with Crippen molar-refractivity contribution in [1.29, 1.82) is 0 Å². The van der Waals surface area contributed by atoms with E-state index < -0.39 is 0 Å². The second kappa shape index (κ2) is 9.76. The van der Waals surface area contributed by atoms with Crippen LogP contribution in [0.4, 0.5) is 10.5 Å². The minimum Gasteiger partial charge on any atom is -0.497 e. The fourth-order valence-corrected chi connectivity index (χ4v) is 5.35. The second-order valence-corrected chi connectivity index (χ2v) is 11.3. The van der Waals surface area contributed by atoms with Gasteiger partial charge in [0.25, 0.3) is 0 Å². The number of carbonyl (C=O) groups is 1. The van der Waals surface area contributed by atoms with Gasteiger partial charge in [-0.15, -0.1) is 0 Å². The predicted molar refractivity (Wildman–Crippen MR) is 155 cm³/mol. The van der Waals surface area contributed by atoms with Crippen LogP contribution in [0.2, 0.25) is 0 Å². The number of amides is 2. The molecule has 200 valence electrons. The minimum atomic E-state index is -0.0940. The Kier molecular flexibility index (Phi) is 6.25. The Labute approximate surface area is 228 Å². The van der Waals surface area contributed by atoms with Gasteiger partial charge in [0.15, 0.2) is 0 Å². The number of H-pyrrole nitrogens is 1. The Hall–Kier alpha value is -4.33. The van der Waals surface area contributed by atoms with Crippen LogP contribution in [-0.2, 0) is 5.41 Å². The highest BCUT2D eigenvalue weighted by Crippen LogP contribution is 2.33. The predicted octanol–water partition coefficient (Wildman–Crippen LogP) is 6.60. The Morgan fingerprint density at radius 3 is 2.77 bits per heavy atom. The van der Waals surface area contributed by atoms with Crippen molar-refractivity contribution in [2.24, 2.45) is 0 Å². The minimum absolute atomic E-state index is 0.0747. The summed E-state index contributed by atoms with van der Waals surface area (Å²) in [6.45, 7) is 7.71. The fraction of sp³-hybridized carbons (Fsp3) is 0.323. The molecule has 0 bridgehead atoms. The second-order valence-electron chi connectivity index (χ2n) is 11.3. The van der Waals surface area contributed by atoms with Crippen LogP contribution in [0.15, 0.2) is 66.9 Å². The summed E-state index contributed by atoms with van der Waals surface area (Å²) in [5, 5.41) is 3.10. The smallest absolute Gasteiger partial charge is 0.321 e. The van der Waals surface area contributed by atoms with Gasteiger partial charge in [0.2, 0.25) is 0 Å². The van der Waals surface area contributed by atoms with Crippen LogP contribution in [0.3, 0.4) is 0 Å². The average molecular weight is 523 g/mol. The number of ether oxygens (including phenoxy) is 1. The van der Waals surface area contributed by atoms with Crippen molar-refractivity contribution in [2.75, 3.05) is 25.5 Å². The van der Waals surface area contributed by atoms with Crippen LogP contribution in [0.25, 0.3) is 27.8 Å². The number of imidazole rings is 2. The lowest BCUT2D eigenvalue weighted by molar-refractivity contribution is 0.191. The van der Waals surface area contributed by atoms with Gasteiger partial charge >= 0.3 is 6.03 Å². The van der Waals surface area contributed by atoms with Gasteiger partial charge in [-0.2, -0.15) is 0 Å². The Bertz CT molecular complexity index is 1660. The summed E-state index contributed by atoms with van der Waals surface area (Å²) >= 11 is 0. The number of anilines is 1. The van der Waals surface area contributed by atoms with E-state index >= 15 is 0 Å². The fourth-order valence-electron chi connectivity index (χ4n) is 5.35. The number of aromatic nitrogens is 4. The standard InChI is InChI=1S/C31H34N6O2/c1-31(2,3)29-33-24-14-13-22(18-25(24)34-29)32-30(38)36-15-8-10-21(19-36)28-35-27(26-12-5-6-16-37(26)28)20-9-7-11-23(17-20)39-4/h5-7,9,11-14,16-18,21H,8,10,15,19H2,1-4H3,(H,32,38)(H,33,34)/t21-/m1/s1. The number of fused-ring (bicyclic) bond motifs is 2. The van der Waals surface area contributed by atoms with Gasteiger partial charge in [0.05, 0.1) is 29.4 Å². The first kappa shape index (κ1) is 25.0. The number of likely N-dealkylation sites (tertiary alicyclic amines) is 1. The summed E-state index contributed by atoms with van der Waals surface area (Å²) in [5.41, 5.74) is 5.48. The van der Waals surface area contributed by atoms with E-state index in [0.717, 1.165) is 70.3 Å². The zero-order chi connectivity index (χ0) is 27.1. The van der Waals surface area contributed by atoms with Crippen LogP contribution in [0, 0.1) is 0 Å². The molecule has 5 aromatic rings. The molecule has 2 amide bonds. The first-order valence-electron chi connectivity index (χ1n) is 13.5. The van der Waals surface area contributed by atoms with Crippen molar-refractivity contribution in [3.05, 3.63) is 78.5 Å². The first-order chi connectivity index (χ1) is 18.8. The molecule has 1 aliphatic heterocycles. The molecule has 1 fully saturated rings. The maximum atomic E-state index is 13.4. The van der Waals surface area contributed by atoms with Crippen molar-refractivity contribution in [2.45, 2.75) is 44.9 Å². The third kappa shape index (κ3) is 4.82. The number of nitrogens with one attached hydrogen (secondary N) is 2. The summed E-state index contributed by atoms with van der Waals surface area (Å²) in [5.74, 6) is 2.84. The van der Waals surface area contributed by atoms with Crippen molar-refractivity contribution >= 4 is 28.3 Å². The van der Waals surface area contributed by atoms with Crippen LogP contribution in [0.1, 0.15) is 51.2 Å². The van der Waals surface area contributed by atoms with Crippen molar-refractivity contribution in [3.63, 3.8) is 0 Å². The molecule has 0 radical (unpaired) electrons. The van der Waals surface area contributed by atoms with E-state index in [2.05, 4.69) is 53.8 Å². The highest BCUT2D eigenvalue weighted by atomic mass is 16.5. The quantitative estimate of drug-likeness (QED) is 0.279. The molecule has 0 saturated carbocycles. The van der Waals surface area contributed by atoms with E-state index in [4.69, 9.17) is 14.7 Å². The molecule has 6 rings (SSSR count). The zero-order valence-corrected chi connectivity index (χ0v) is 22.9. The number of urea groups is 1. The maximum Gasteiger partial charge on any atom is 0.321 e. The molecule has 8 heteroatoms. The largest absolute Gasteiger partial charge is 0.497 e. The summed E-state index contributed by atoms with van der Waals surface area (Å²) in [7, 11) is 1.67. The van der Waals surface area contributed by atoms with Crippen molar-refractivity contribution in [1.82, 2.24) is 24.3 Å². The third-order valence-electron chi connectivity index (χ3n) is 7.44. The molecule has 0 unspecified atom stereocenters. The monoisotopic (exact) mass is 522 g/mol. The van der Waals surface area contributed by atoms with Gasteiger partial charge in [-0.25, -0.2) is 14.8 Å². The van der Waals surface area contributed by atoms with Gasteiger partial charge in [-0.3, -0.25) is 0 Å². The molecule has 0 aliphatic carbocycles. The molecule has 2 N–H and O–H groups in total. The molecule has 8 nitrogen and oxygen atoms in total. The van der Waals surface area contributed by atoms with E-state index in [0.29, 0.717) is 6.54 Å². The first-order valence-corrected chi connectivity index (χ1v) is 13.5. The van der Waals surface area contributed by atoms with E-state index in [-0.39, 0.29) is 17.4 Å². The number of benzene rings is 2. The number of hydrogen-bond donors (Lipinski definition) is 2. The molecule has 4 heterocycles. The molecule has 1 atom stereocenters. The number of methoxy groups -OCH3 is 1. The molecular formula is C31H34N6O2. The molecule has 39 heavy (non-hydrogen) atoms. The van der Waals surface area contributed by atoms with Crippen molar-refractivity contribution in [3.8, 4) is 17.0 Å². The topological polar surface area (TPSA) is 87.5 Å². The lowest BCUT2D eigenvalue weighted by Gasteiger charge is -2.32. The van der Waals surface area contributed by atoms with E-state index in [1.807, 2.05) is 53.4 Å². The molecule has 2 aromatic carbocycles. The highest BCUT2D eigenvalue weighted by molar-refractivity contribution is 5.92. The van der Waals surface area contributed by atoms with Crippen molar-refractivity contribution < 1.29 is 9.53 Å². The molecular weight excluding hydrogens is 488 g/mol. The van der Waals surface area contributed by atoms with Gasteiger partial charge in [-0.05, 0) is 55.3 Å². The summed E-state index contributed by atoms with van der Waals surface area (Å²) in [4.78, 5) is 28.5. The molecule has 1 saturated heterocycles. The van der Waals surface area contributed by atoms with Gasteiger partial charge in [0.1, 0.15) is 17.4 Å². The molecule has 1 aliphatic rings. The van der Waals surface area contributed by atoms with Crippen LogP contribution >= 0.6 is 0 Å². The summed E-state index contributed by atoms with van der Waals surface area (Å²) < 4.78 is 7.62. The number of hydrogen-bond acceptors (Lipinski definition) is 4. The zero-order valence-electron chi connectivity index (χ0n) is 22.9. The number of aromatic amines is 1. The molecule has 0 spiro atoms. The average Bonchev–Trinajstić information content (AvgIpc) is 3.55. The van der Waals surface area contributed by atoms with Crippen LogP contribution in [-0.4, -0.2) is 50.5 Å². The normalized spacial score (nSPS) is 16.1. The Balaban J connectivity index is 1.24. The summed E-state index contributed by atoms with van der Waals surface area (Å²) in [6.07, 6.45) is 3.96. The van der Waals surface area contributed by atoms with Crippen LogP contribution in [0.5, 0.6) is 5.75 Å². The lowest BCUT2D eigenvalue weighted by Crippen LogP contribution is -2.42. The van der Waals surface area contributed by atoms with Gasteiger partial charge in [0, 0.05) is 41.9 Å². The highest BCUT2D eigenvalue weighted by Gasteiger charge is 2.29. The Morgan fingerprint density at radius 1 is 1.08 bits per heavy atom. The number of pyridine rings is 1. The van der Waals surface area contributed by atoms with E-state index in [1.54, 1.807) is 7.11 Å². The maximum absolute atomic E-state index is 13.4. The van der Waals surface area contributed by atoms with Gasteiger partial charge < -0.3 is 24.3 Å². The lowest BCUT2D eigenvalue weighted by atomic mass is 9.96. The molecule has 3 aromatic heterocycles. The number of carbonyl (C=O) groups excluding carboxylic acids is 1. The Morgan fingerprint density at radius 2 is 1.95 bits per heavy atom. The van der Waals surface area contributed by atoms with Gasteiger partial charge in [-0.1, -0.05) is 39.0 Å². The van der Waals surface area contributed by atoms with E-state index in [1.165, 1.54) is 0 Å². The van der Waals surface area contributed by atoms with Crippen LogP contribution < -0.4 is 10.1 Å².